The number of rotatable bonds is 1. The van der Waals surface area contributed by atoms with Gasteiger partial charge >= 0.3 is 6.18 Å². The van der Waals surface area contributed by atoms with Gasteiger partial charge in [-0.05, 0) is 37.3 Å². The monoisotopic (exact) mass is 353 g/mol. The minimum absolute atomic E-state index is 0.143. The zero-order valence-corrected chi connectivity index (χ0v) is 13.8. The summed E-state index contributed by atoms with van der Waals surface area (Å²) in [5, 5.41) is 0. The minimum atomic E-state index is -4.44. The van der Waals surface area contributed by atoms with Gasteiger partial charge in [-0.1, -0.05) is 42.0 Å². The molecule has 0 fully saturated rings. The number of alkyl halides is 3. The highest BCUT2D eigenvalue weighted by atomic mass is 19.4. The highest BCUT2D eigenvalue weighted by Gasteiger charge is 2.32. The third-order valence-corrected chi connectivity index (χ3v) is 4.21. The lowest BCUT2D eigenvalue weighted by Gasteiger charge is -2.13. The van der Waals surface area contributed by atoms with Crippen LogP contribution >= 0.6 is 0 Å². The number of fused-ring (bicyclic) bond motifs is 2. The Morgan fingerprint density at radius 1 is 0.846 bits per heavy atom. The molecular formula is C21H14F3NO. The summed E-state index contributed by atoms with van der Waals surface area (Å²) in [7, 11) is 0. The predicted octanol–water partition coefficient (Wildman–Crippen LogP) is 6.29. The van der Waals surface area contributed by atoms with Crippen LogP contribution in [-0.4, -0.2) is 5.71 Å². The zero-order chi connectivity index (χ0) is 18.3. The second kappa shape index (κ2) is 6.02. The molecule has 5 heteroatoms. The Hall–Kier alpha value is -3.08. The Labute approximate surface area is 148 Å². The topological polar surface area (TPSA) is 21.6 Å². The number of halogens is 3. The Bertz CT molecular complexity index is 1000. The van der Waals surface area contributed by atoms with E-state index in [1.165, 1.54) is 6.07 Å². The van der Waals surface area contributed by atoms with Crippen LogP contribution in [0.2, 0.25) is 0 Å². The Morgan fingerprint density at radius 3 is 2.31 bits per heavy atom. The average molecular weight is 353 g/mol. The van der Waals surface area contributed by atoms with Crippen molar-refractivity contribution in [1.82, 2.24) is 0 Å². The summed E-state index contributed by atoms with van der Waals surface area (Å²) in [5.41, 5.74) is 2.84. The first-order valence-electron chi connectivity index (χ1n) is 8.06. The molecule has 0 atom stereocenters. The van der Waals surface area contributed by atoms with E-state index in [9.17, 15) is 13.2 Å². The van der Waals surface area contributed by atoms with Crippen molar-refractivity contribution in [2.24, 2.45) is 4.99 Å². The third-order valence-electron chi connectivity index (χ3n) is 4.21. The predicted molar refractivity (Wildman–Crippen MR) is 94.4 cm³/mol. The van der Waals surface area contributed by atoms with Gasteiger partial charge in [0.2, 0.25) is 0 Å². The summed E-state index contributed by atoms with van der Waals surface area (Å²) in [6, 6.07) is 18.3. The van der Waals surface area contributed by atoms with Gasteiger partial charge in [-0.15, -0.1) is 0 Å². The summed E-state index contributed by atoms with van der Waals surface area (Å²) >= 11 is 0. The fraction of sp³-hybridized carbons (Fsp3) is 0.0952. The molecule has 0 saturated carbocycles. The molecule has 0 radical (unpaired) electrons. The van der Waals surface area contributed by atoms with Gasteiger partial charge in [0.1, 0.15) is 11.4 Å². The molecule has 0 spiro atoms. The van der Waals surface area contributed by atoms with E-state index in [2.05, 4.69) is 4.99 Å². The molecule has 0 saturated heterocycles. The molecule has 2 nitrogen and oxygen atoms in total. The smallest absolute Gasteiger partial charge is 0.416 e. The fourth-order valence-corrected chi connectivity index (χ4v) is 2.85. The van der Waals surface area contributed by atoms with Crippen molar-refractivity contribution in [3.63, 3.8) is 0 Å². The zero-order valence-electron chi connectivity index (χ0n) is 13.8. The molecule has 130 valence electrons. The average Bonchev–Trinajstić information content (AvgIpc) is 2.77. The lowest BCUT2D eigenvalue weighted by atomic mass is 9.99. The van der Waals surface area contributed by atoms with Crippen molar-refractivity contribution in [1.29, 1.82) is 0 Å². The van der Waals surface area contributed by atoms with Gasteiger partial charge in [0.05, 0.1) is 11.3 Å². The summed E-state index contributed by atoms with van der Waals surface area (Å²) in [4.78, 5) is 4.68. The van der Waals surface area contributed by atoms with Crippen molar-refractivity contribution in [3.8, 4) is 11.5 Å². The SMILES string of the molecule is Cc1ccc(C2=Nc3ccccc3Oc3cc(C(F)(F)F)ccc32)cc1. The first-order valence-corrected chi connectivity index (χ1v) is 8.06. The van der Waals surface area contributed by atoms with E-state index in [4.69, 9.17) is 4.74 Å². The molecule has 1 heterocycles. The Kier molecular flexibility index (Phi) is 3.80. The first kappa shape index (κ1) is 16.4. The molecule has 1 aliphatic heterocycles. The highest BCUT2D eigenvalue weighted by Crippen LogP contribution is 2.41. The van der Waals surface area contributed by atoms with Crippen LogP contribution in [-0.2, 0) is 6.18 Å². The van der Waals surface area contributed by atoms with Crippen LogP contribution in [0, 0.1) is 6.92 Å². The number of aliphatic imine (C=N–C) groups is 1. The lowest BCUT2D eigenvalue weighted by molar-refractivity contribution is -0.137. The van der Waals surface area contributed by atoms with Crippen LogP contribution in [0.15, 0.2) is 71.7 Å². The number of nitrogens with zero attached hydrogens (tertiary/aromatic N) is 1. The maximum absolute atomic E-state index is 13.1. The van der Waals surface area contributed by atoms with Gasteiger partial charge in [-0.3, -0.25) is 0 Å². The number of hydrogen-bond acceptors (Lipinski definition) is 2. The van der Waals surface area contributed by atoms with E-state index in [0.29, 0.717) is 22.7 Å². The molecule has 4 rings (SSSR count). The molecule has 0 aromatic heterocycles. The molecule has 0 unspecified atom stereocenters. The highest BCUT2D eigenvalue weighted by molar-refractivity contribution is 6.16. The minimum Gasteiger partial charge on any atom is -0.454 e. The van der Waals surface area contributed by atoms with Crippen LogP contribution < -0.4 is 4.74 Å². The van der Waals surface area contributed by atoms with Crippen molar-refractivity contribution < 1.29 is 17.9 Å². The summed E-state index contributed by atoms with van der Waals surface area (Å²) in [6.07, 6.45) is -4.44. The summed E-state index contributed by atoms with van der Waals surface area (Å²) in [6.45, 7) is 1.97. The number of para-hydroxylation sites is 2. The normalized spacial score (nSPS) is 13.2. The maximum atomic E-state index is 13.1. The van der Waals surface area contributed by atoms with Gasteiger partial charge in [-0.25, -0.2) is 4.99 Å². The van der Waals surface area contributed by atoms with Gasteiger partial charge in [0.15, 0.2) is 5.75 Å². The van der Waals surface area contributed by atoms with Crippen LogP contribution in [0.1, 0.15) is 22.3 Å². The summed E-state index contributed by atoms with van der Waals surface area (Å²) in [5.74, 6) is 0.569. The van der Waals surface area contributed by atoms with E-state index in [0.717, 1.165) is 23.3 Å². The quantitative estimate of drug-likeness (QED) is 0.394. The van der Waals surface area contributed by atoms with Crippen molar-refractivity contribution in [2.75, 3.05) is 0 Å². The van der Waals surface area contributed by atoms with E-state index >= 15 is 0 Å². The van der Waals surface area contributed by atoms with Crippen molar-refractivity contribution >= 4 is 11.4 Å². The molecule has 0 N–H and O–H groups in total. The molecule has 3 aromatic rings. The number of benzene rings is 3. The van der Waals surface area contributed by atoms with Crippen LogP contribution in [0.5, 0.6) is 11.5 Å². The van der Waals surface area contributed by atoms with Crippen LogP contribution in [0.25, 0.3) is 0 Å². The maximum Gasteiger partial charge on any atom is 0.416 e. The van der Waals surface area contributed by atoms with Crippen molar-refractivity contribution in [3.05, 3.63) is 89.0 Å². The largest absolute Gasteiger partial charge is 0.454 e. The number of aryl methyl sites for hydroxylation is 1. The van der Waals surface area contributed by atoms with Gasteiger partial charge < -0.3 is 4.74 Å². The second-order valence-electron chi connectivity index (χ2n) is 6.10. The standard InChI is InChI=1S/C21H14F3NO/c1-13-6-8-14(9-7-13)20-16-11-10-15(21(22,23)24)12-19(16)26-18-5-3-2-4-17(18)25-20/h2-12H,1H3. The van der Waals surface area contributed by atoms with Crippen LogP contribution in [0.3, 0.4) is 0 Å². The van der Waals surface area contributed by atoms with E-state index in [1.807, 2.05) is 37.3 Å². The first-order chi connectivity index (χ1) is 12.4. The second-order valence-corrected chi connectivity index (χ2v) is 6.10. The van der Waals surface area contributed by atoms with Gasteiger partial charge in [0, 0.05) is 11.1 Å². The van der Waals surface area contributed by atoms with Gasteiger partial charge in [-0.2, -0.15) is 13.2 Å². The molecule has 3 aromatic carbocycles. The molecule has 0 amide bonds. The Morgan fingerprint density at radius 2 is 1.58 bits per heavy atom. The third kappa shape index (κ3) is 2.96. The van der Waals surface area contributed by atoms with Crippen LogP contribution in [0.4, 0.5) is 18.9 Å². The molecule has 26 heavy (non-hydrogen) atoms. The van der Waals surface area contributed by atoms with E-state index < -0.39 is 11.7 Å². The van der Waals surface area contributed by atoms with E-state index in [-0.39, 0.29) is 5.75 Å². The molecule has 1 aliphatic rings. The Balaban J connectivity index is 1.95. The molecule has 0 bridgehead atoms. The van der Waals surface area contributed by atoms with Gasteiger partial charge in [0.25, 0.3) is 0 Å². The van der Waals surface area contributed by atoms with Crippen molar-refractivity contribution in [2.45, 2.75) is 13.1 Å². The summed E-state index contributed by atoms with van der Waals surface area (Å²) < 4.78 is 45.2. The number of hydrogen-bond donors (Lipinski definition) is 0. The lowest BCUT2D eigenvalue weighted by Crippen LogP contribution is -2.08. The van der Waals surface area contributed by atoms with E-state index in [1.54, 1.807) is 18.2 Å². The molecular weight excluding hydrogens is 339 g/mol. The number of ether oxygens (including phenoxy) is 1. The molecule has 0 aliphatic carbocycles. The fourth-order valence-electron chi connectivity index (χ4n) is 2.85.